The van der Waals surface area contributed by atoms with Crippen LogP contribution in [-0.4, -0.2) is 13.1 Å². The minimum atomic E-state index is 0.417. The van der Waals surface area contributed by atoms with E-state index in [1.54, 1.807) is 7.11 Å². The monoisotopic (exact) mass is 347 g/mol. The molecular weight excluding hydrogens is 330 g/mol. The van der Waals surface area contributed by atoms with Crippen molar-refractivity contribution < 1.29 is 9.47 Å². The molecular formula is C16H18ClN5O2. The van der Waals surface area contributed by atoms with Crippen LogP contribution in [0.1, 0.15) is 11.1 Å². The highest BCUT2D eigenvalue weighted by Gasteiger charge is 2.12. The maximum atomic E-state index is 5.99. The lowest BCUT2D eigenvalue weighted by Gasteiger charge is -2.14. The number of ether oxygens (including phenoxy) is 2. The van der Waals surface area contributed by atoms with Crippen LogP contribution >= 0.6 is 11.6 Å². The van der Waals surface area contributed by atoms with Gasteiger partial charge in [0, 0.05) is 10.6 Å². The topological polar surface area (TPSA) is 78.9 Å². The van der Waals surface area contributed by atoms with Crippen LogP contribution in [0.15, 0.2) is 47.5 Å². The third kappa shape index (κ3) is 4.08. The smallest absolute Gasteiger partial charge is 0.223 e. The maximum Gasteiger partial charge on any atom is 0.223 e. The Morgan fingerprint density at radius 2 is 1.79 bits per heavy atom. The van der Waals surface area contributed by atoms with Gasteiger partial charge in [0.15, 0.2) is 11.5 Å². The first-order chi connectivity index (χ1) is 11.8. The predicted octanol–water partition coefficient (Wildman–Crippen LogP) is 1.90. The van der Waals surface area contributed by atoms with Gasteiger partial charge in [0.2, 0.25) is 5.96 Å². The molecule has 4 N–H and O–H groups in total. The van der Waals surface area contributed by atoms with Gasteiger partial charge >= 0.3 is 0 Å². The van der Waals surface area contributed by atoms with E-state index in [0.29, 0.717) is 35.6 Å². The van der Waals surface area contributed by atoms with E-state index in [2.05, 4.69) is 26.9 Å². The molecule has 126 valence electrons. The standard InChI is InChI=1S/C16H18ClN5O2/c1-23-14-4-2-3-12(9-18-16-19-21-22-20-16)15(14)24-10-11-5-7-13(17)8-6-11/h2-8,21-22H,9-10H2,1H3,(H2,18,19,20). The Morgan fingerprint density at radius 3 is 2.50 bits per heavy atom. The van der Waals surface area contributed by atoms with Crippen molar-refractivity contribution in [2.24, 2.45) is 4.99 Å². The number of hydrogen-bond acceptors (Lipinski definition) is 5. The van der Waals surface area contributed by atoms with E-state index in [1.807, 2.05) is 42.5 Å². The van der Waals surface area contributed by atoms with E-state index in [4.69, 9.17) is 21.1 Å². The zero-order valence-corrected chi connectivity index (χ0v) is 13.9. The van der Waals surface area contributed by atoms with E-state index >= 15 is 0 Å². The van der Waals surface area contributed by atoms with Crippen LogP contribution in [0.5, 0.6) is 11.5 Å². The van der Waals surface area contributed by atoms with E-state index in [9.17, 15) is 0 Å². The van der Waals surface area contributed by atoms with Gasteiger partial charge in [-0.15, -0.1) is 0 Å². The third-order valence-corrected chi connectivity index (χ3v) is 3.66. The highest BCUT2D eigenvalue weighted by molar-refractivity contribution is 6.30. The highest BCUT2D eigenvalue weighted by Crippen LogP contribution is 2.32. The summed E-state index contributed by atoms with van der Waals surface area (Å²) in [5.41, 5.74) is 13.0. The van der Waals surface area contributed by atoms with Crippen molar-refractivity contribution in [3.63, 3.8) is 0 Å². The van der Waals surface area contributed by atoms with E-state index in [-0.39, 0.29) is 0 Å². The van der Waals surface area contributed by atoms with E-state index in [0.717, 1.165) is 11.1 Å². The van der Waals surface area contributed by atoms with Gasteiger partial charge in [0.05, 0.1) is 13.7 Å². The summed E-state index contributed by atoms with van der Waals surface area (Å²) in [6.45, 7) is 0.854. The van der Waals surface area contributed by atoms with Crippen LogP contribution in [0.4, 0.5) is 0 Å². The number of methoxy groups -OCH3 is 1. The second kappa shape index (κ2) is 7.87. The Kier molecular flexibility index (Phi) is 5.37. The van der Waals surface area contributed by atoms with Crippen molar-refractivity contribution in [3.8, 4) is 11.5 Å². The molecule has 1 saturated heterocycles. The molecule has 0 radical (unpaired) electrons. The van der Waals surface area contributed by atoms with Crippen molar-refractivity contribution in [3.05, 3.63) is 58.6 Å². The van der Waals surface area contributed by atoms with Crippen molar-refractivity contribution in [1.82, 2.24) is 21.9 Å². The Hall–Kier alpha value is -2.48. The Morgan fingerprint density at radius 1 is 1.04 bits per heavy atom. The summed E-state index contributed by atoms with van der Waals surface area (Å²) in [6.07, 6.45) is 0. The summed E-state index contributed by atoms with van der Waals surface area (Å²) in [5, 5.41) is 0.700. The average molecular weight is 348 g/mol. The van der Waals surface area contributed by atoms with Gasteiger partial charge < -0.3 is 9.47 Å². The van der Waals surface area contributed by atoms with Crippen molar-refractivity contribution in [2.45, 2.75) is 13.2 Å². The summed E-state index contributed by atoms with van der Waals surface area (Å²) >= 11 is 5.91. The van der Waals surface area contributed by atoms with Crippen molar-refractivity contribution in [2.75, 3.05) is 7.11 Å². The minimum absolute atomic E-state index is 0.417. The second-order valence-corrected chi connectivity index (χ2v) is 5.46. The molecule has 1 aliphatic heterocycles. The number of nitrogens with one attached hydrogen (secondary N) is 4. The molecule has 0 atom stereocenters. The molecule has 0 saturated carbocycles. The van der Waals surface area contributed by atoms with Crippen molar-refractivity contribution >= 4 is 17.6 Å². The Labute approximate surface area is 144 Å². The summed E-state index contributed by atoms with van der Waals surface area (Å²) < 4.78 is 11.4. The van der Waals surface area contributed by atoms with Gasteiger partial charge in [-0.25, -0.2) is 4.99 Å². The van der Waals surface area contributed by atoms with Crippen LogP contribution in [0.3, 0.4) is 0 Å². The fourth-order valence-corrected chi connectivity index (χ4v) is 2.33. The van der Waals surface area contributed by atoms with Crippen LogP contribution in [0.2, 0.25) is 5.02 Å². The first kappa shape index (κ1) is 16.4. The predicted molar refractivity (Wildman–Crippen MR) is 92.5 cm³/mol. The lowest BCUT2D eigenvalue weighted by Crippen LogP contribution is -2.33. The minimum Gasteiger partial charge on any atom is -0.493 e. The molecule has 8 heteroatoms. The maximum absolute atomic E-state index is 5.99. The number of aliphatic imine (C=N–C) groups is 1. The van der Waals surface area contributed by atoms with Crippen LogP contribution in [0.25, 0.3) is 0 Å². The van der Waals surface area contributed by atoms with E-state index in [1.165, 1.54) is 0 Å². The Balaban J connectivity index is 1.76. The second-order valence-electron chi connectivity index (χ2n) is 5.03. The molecule has 7 nitrogen and oxygen atoms in total. The first-order valence-electron chi connectivity index (χ1n) is 7.36. The van der Waals surface area contributed by atoms with Gasteiger partial charge in [-0.1, -0.05) is 35.9 Å². The fourth-order valence-electron chi connectivity index (χ4n) is 2.20. The van der Waals surface area contributed by atoms with Gasteiger partial charge in [0.25, 0.3) is 0 Å². The van der Waals surface area contributed by atoms with Gasteiger partial charge in [-0.2, -0.15) is 11.1 Å². The third-order valence-electron chi connectivity index (χ3n) is 3.41. The molecule has 0 aliphatic carbocycles. The molecule has 2 aromatic rings. The van der Waals surface area contributed by atoms with Crippen molar-refractivity contribution in [1.29, 1.82) is 0 Å². The number of rotatable bonds is 6. The molecule has 0 spiro atoms. The van der Waals surface area contributed by atoms with Crippen LogP contribution in [-0.2, 0) is 13.2 Å². The summed E-state index contributed by atoms with van der Waals surface area (Å²) in [7, 11) is 1.62. The quantitative estimate of drug-likeness (QED) is 0.639. The number of halogens is 1. The fraction of sp³-hybridized carbons (Fsp3) is 0.188. The molecule has 1 aliphatic rings. The molecule has 1 fully saturated rings. The summed E-state index contributed by atoms with van der Waals surface area (Å²) in [5.74, 6) is 1.95. The molecule has 0 unspecified atom stereocenters. The summed E-state index contributed by atoms with van der Waals surface area (Å²) in [6, 6.07) is 13.3. The highest BCUT2D eigenvalue weighted by atomic mass is 35.5. The number of hydrazine groups is 3. The number of guanidine groups is 1. The largest absolute Gasteiger partial charge is 0.493 e. The molecule has 0 aromatic heterocycles. The SMILES string of the molecule is COc1cccc(CN=C2NNNN2)c1OCc1ccc(Cl)cc1. The number of nitrogens with zero attached hydrogens (tertiary/aromatic N) is 1. The molecule has 3 rings (SSSR count). The van der Waals surface area contributed by atoms with Crippen LogP contribution in [0, 0.1) is 0 Å². The lowest BCUT2D eigenvalue weighted by molar-refractivity contribution is 0.281. The number of para-hydroxylation sites is 1. The Bertz CT molecular complexity index is 713. The first-order valence-corrected chi connectivity index (χ1v) is 7.73. The van der Waals surface area contributed by atoms with Gasteiger partial charge in [-0.05, 0) is 23.8 Å². The number of benzene rings is 2. The zero-order chi connectivity index (χ0) is 16.8. The van der Waals surface area contributed by atoms with Gasteiger partial charge in [-0.3, -0.25) is 10.9 Å². The molecule has 24 heavy (non-hydrogen) atoms. The lowest BCUT2D eigenvalue weighted by atomic mass is 10.2. The normalized spacial score (nSPS) is 13.2. The molecule has 0 bridgehead atoms. The summed E-state index contributed by atoms with van der Waals surface area (Å²) in [4.78, 5) is 4.41. The van der Waals surface area contributed by atoms with Gasteiger partial charge in [0.1, 0.15) is 6.61 Å². The average Bonchev–Trinajstić information content (AvgIpc) is 3.13. The van der Waals surface area contributed by atoms with E-state index < -0.39 is 0 Å². The molecule has 2 aromatic carbocycles. The molecule has 1 heterocycles. The zero-order valence-electron chi connectivity index (χ0n) is 13.1. The molecule has 0 amide bonds. The number of hydrogen-bond donors (Lipinski definition) is 4. The van der Waals surface area contributed by atoms with Crippen LogP contribution < -0.4 is 31.4 Å².